The molecule has 3 aromatic rings. The predicted octanol–water partition coefficient (Wildman–Crippen LogP) is 3.02. The third-order valence-corrected chi connectivity index (χ3v) is 4.69. The van der Waals surface area contributed by atoms with Crippen molar-refractivity contribution in [1.29, 1.82) is 0 Å². The molecule has 1 aliphatic rings. The molecule has 1 aromatic carbocycles. The molecule has 1 aliphatic heterocycles. The minimum absolute atomic E-state index is 0.843. The van der Waals surface area contributed by atoms with Gasteiger partial charge in [0, 0.05) is 29.2 Å². The summed E-state index contributed by atoms with van der Waals surface area (Å²) in [6.45, 7) is 1.80. The van der Waals surface area contributed by atoms with Crippen LogP contribution < -0.4 is 10.6 Å². The van der Waals surface area contributed by atoms with Crippen LogP contribution in [0.15, 0.2) is 30.6 Å². The van der Waals surface area contributed by atoms with Gasteiger partial charge in [-0.05, 0) is 23.8 Å². The lowest BCUT2D eigenvalue weighted by atomic mass is 10.2. The number of terminal acetylenes is 1. The van der Waals surface area contributed by atoms with Gasteiger partial charge >= 0.3 is 0 Å². The first-order valence-corrected chi connectivity index (χ1v) is 7.46. The van der Waals surface area contributed by atoms with Gasteiger partial charge in [0.25, 0.3) is 0 Å². The number of fused-ring (bicyclic) bond motifs is 3. The maximum absolute atomic E-state index is 5.45. The summed E-state index contributed by atoms with van der Waals surface area (Å²) in [5.74, 6) is 3.49. The molecular weight excluding hydrogens is 280 g/mol. The summed E-state index contributed by atoms with van der Waals surface area (Å²) in [6.07, 6.45) is 7.06. The van der Waals surface area contributed by atoms with E-state index in [4.69, 9.17) is 6.42 Å². The van der Waals surface area contributed by atoms with Crippen molar-refractivity contribution >= 4 is 33.1 Å². The Morgan fingerprint density at radius 3 is 3.14 bits per heavy atom. The molecule has 2 N–H and O–H groups in total. The smallest absolute Gasteiger partial charge is 0.142 e. The number of nitrogens with one attached hydrogen (secondary N) is 2. The lowest BCUT2D eigenvalue weighted by Crippen LogP contribution is -2.02. The molecule has 4 rings (SSSR count). The zero-order chi connectivity index (χ0) is 14.2. The molecule has 21 heavy (non-hydrogen) atoms. The molecule has 0 spiro atoms. The molecule has 3 heterocycles. The van der Waals surface area contributed by atoms with E-state index in [1.54, 1.807) is 17.7 Å². The second kappa shape index (κ2) is 4.85. The summed E-state index contributed by atoms with van der Waals surface area (Å²) in [4.78, 5) is 11.2. The van der Waals surface area contributed by atoms with E-state index in [2.05, 4.69) is 26.5 Å². The highest BCUT2D eigenvalue weighted by atomic mass is 32.1. The maximum atomic E-state index is 5.45. The molecule has 0 fully saturated rings. The summed E-state index contributed by atoms with van der Waals surface area (Å²) in [7, 11) is 0. The second-order valence-electron chi connectivity index (χ2n) is 4.86. The molecule has 0 unspecified atom stereocenters. The van der Waals surface area contributed by atoms with Gasteiger partial charge in [-0.2, -0.15) is 0 Å². The molecule has 0 amide bonds. The Bertz CT molecular complexity index is 876. The third-order valence-electron chi connectivity index (χ3n) is 3.55. The monoisotopic (exact) mass is 292 g/mol. The molecule has 0 atom stereocenters. The molecular formula is C16H12N4S. The van der Waals surface area contributed by atoms with E-state index < -0.39 is 0 Å². The van der Waals surface area contributed by atoms with Crippen molar-refractivity contribution in [3.05, 3.63) is 46.6 Å². The molecule has 5 heteroatoms. The predicted molar refractivity (Wildman–Crippen MR) is 85.6 cm³/mol. The summed E-state index contributed by atoms with van der Waals surface area (Å²) in [6, 6.07) is 7.78. The Balaban J connectivity index is 1.81. The molecule has 102 valence electrons. The average Bonchev–Trinajstić information content (AvgIpc) is 3.08. The Hall–Kier alpha value is -2.42. The van der Waals surface area contributed by atoms with Crippen LogP contribution >= 0.6 is 11.3 Å². The van der Waals surface area contributed by atoms with E-state index in [0.717, 1.165) is 40.4 Å². The highest BCUT2D eigenvalue weighted by molar-refractivity contribution is 7.19. The van der Waals surface area contributed by atoms with Crippen LogP contribution in [0.25, 0.3) is 10.2 Å². The van der Waals surface area contributed by atoms with E-state index >= 15 is 0 Å². The highest BCUT2D eigenvalue weighted by Gasteiger charge is 2.20. The Morgan fingerprint density at radius 2 is 2.24 bits per heavy atom. The summed E-state index contributed by atoms with van der Waals surface area (Å²) < 4.78 is 0. The van der Waals surface area contributed by atoms with Gasteiger partial charge in [-0.3, -0.25) is 0 Å². The van der Waals surface area contributed by atoms with Crippen molar-refractivity contribution in [2.75, 3.05) is 5.32 Å². The summed E-state index contributed by atoms with van der Waals surface area (Å²) in [5.41, 5.74) is 3.10. The van der Waals surface area contributed by atoms with Gasteiger partial charge in [0.15, 0.2) is 0 Å². The van der Waals surface area contributed by atoms with Gasteiger partial charge in [0.2, 0.25) is 0 Å². The van der Waals surface area contributed by atoms with Crippen molar-refractivity contribution in [1.82, 2.24) is 15.3 Å². The Kier molecular flexibility index (Phi) is 2.85. The highest BCUT2D eigenvalue weighted by Crippen LogP contribution is 2.37. The van der Waals surface area contributed by atoms with Crippen LogP contribution in [0, 0.1) is 12.3 Å². The zero-order valence-corrected chi connectivity index (χ0v) is 12.0. The molecule has 0 saturated carbocycles. The normalized spacial score (nSPS) is 13.1. The number of aromatic nitrogens is 2. The molecule has 0 aliphatic carbocycles. The van der Waals surface area contributed by atoms with E-state index in [0.29, 0.717) is 0 Å². The van der Waals surface area contributed by atoms with Crippen molar-refractivity contribution in [2.45, 2.75) is 13.1 Å². The van der Waals surface area contributed by atoms with Crippen LogP contribution in [0.2, 0.25) is 0 Å². The van der Waals surface area contributed by atoms with E-state index in [-0.39, 0.29) is 0 Å². The Morgan fingerprint density at radius 1 is 1.29 bits per heavy atom. The number of benzene rings is 1. The topological polar surface area (TPSA) is 49.8 Å². The minimum Gasteiger partial charge on any atom is -0.340 e. The molecule has 0 radical (unpaired) electrons. The summed E-state index contributed by atoms with van der Waals surface area (Å²) >= 11 is 1.73. The minimum atomic E-state index is 0.843. The first-order chi connectivity index (χ1) is 10.3. The van der Waals surface area contributed by atoms with E-state index in [9.17, 15) is 0 Å². The SMILES string of the molecule is C#Cc1cccc(Nc2ncnc3sc4c(c23)CNC4)c1. The van der Waals surface area contributed by atoms with Crippen molar-refractivity contribution in [3.63, 3.8) is 0 Å². The standard InChI is InChI=1S/C16H12N4S/c1-2-10-4-3-5-11(6-10)20-15-14-12-7-17-8-13(12)21-16(14)19-9-18-15/h1,3-6,9,17H,7-8H2,(H,18,19,20). The number of nitrogens with zero attached hydrogens (tertiary/aromatic N) is 2. The fourth-order valence-electron chi connectivity index (χ4n) is 2.59. The fraction of sp³-hybridized carbons (Fsp3) is 0.125. The summed E-state index contributed by atoms with van der Waals surface area (Å²) in [5, 5.41) is 7.86. The van der Waals surface area contributed by atoms with Crippen LogP contribution in [0.4, 0.5) is 11.5 Å². The number of thiophene rings is 1. The molecule has 0 saturated heterocycles. The lowest BCUT2D eigenvalue weighted by molar-refractivity contribution is 0.769. The van der Waals surface area contributed by atoms with Crippen LogP contribution in [0.5, 0.6) is 0 Å². The molecule has 4 nitrogen and oxygen atoms in total. The number of hydrogen-bond donors (Lipinski definition) is 2. The number of anilines is 2. The third kappa shape index (κ3) is 2.05. The second-order valence-corrected chi connectivity index (χ2v) is 5.94. The van der Waals surface area contributed by atoms with Crippen LogP contribution in [0.3, 0.4) is 0 Å². The average molecular weight is 292 g/mol. The van der Waals surface area contributed by atoms with Gasteiger partial charge in [-0.25, -0.2) is 9.97 Å². The van der Waals surface area contributed by atoms with Gasteiger partial charge in [-0.15, -0.1) is 17.8 Å². The van der Waals surface area contributed by atoms with Crippen LogP contribution in [-0.2, 0) is 13.1 Å². The zero-order valence-electron chi connectivity index (χ0n) is 11.2. The van der Waals surface area contributed by atoms with E-state index in [1.165, 1.54) is 10.4 Å². The first kappa shape index (κ1) is 12.3. The van der Waals surface area contributed by atoms with Crippen LogP contribution in [0.1, 0.15) is 16.0 Å². The largest absolute Gasteiger partial charge is 0.340 e. The maximum Gasteiger partial charge on any atom is 0.142 e. The van der Waals surface area contributed by atoms with Gasteiger partial charge in [0.1, 0.15) is 17.0 Å². The molecule has 2 aromatic heterocycles. The quantitative estimate of drug-likeness (QED) is 0.713. The van der Waals surface area contributed by atoms with Crippen LogP contribution in [-0.4, -0.2) is 9.97 Å². The molecule has 0 bridgehead atoms. The van der Waals surface area contributed by atoms with Crippen molar-refractivity contribution < 1.29 is 0 Å². The Labute approximate surface area is 126 Å². The lowest BCUT2D eigenvalue weighted by Gasteiger charge is -2.08. The van der Waals surface area contributed by atoms with Gasteiger partial charge in [-0.1, -0.05) is 12.0 Å². The number of hydrogen-bond acceptors (Lipinski definition) is 5. The van der Waals surface area contributed by atoms with Gasteiger partial charge < -0.3 is 10.6 Å². The number of rotatable bonds is 2. The van der Waals surface area contributed by atoms with E-state index in [1.807, 2.05) is 24.3 Å². The van der Waals surface area contributed by atoms with Crippen molar-refractivity contribution in [3.8, 4) is 12.3 Å². The van der Waals surface area contributed by atoms with Gasteiger partial charge in [0.05, 0.1) is 5.39 Å². The first-order valence-electron chi connectivity index (χ1n) is 6.65. The fourth-order valence-corrected chi connectivity index (χ4v) is 3.71. The van der Waals surface area contributed by atoms with Crippen molar-refractivity contribution in [2.24, 2.45) is 0 Å².